The van der Waals surface area contributed by atoms with Crippen molar-refractivity contribution in [1.82, 2.24) is 0 Å². The van der Waals surface area contributed by atoms with Crippen LogP contribution in [-0.2, 0) is 0 Å². The standard InChI is InChI=1S/C18H21N/c1-18(2,14-19)13-17(15-9-5-3-6-10-15)16-11-7-4-8-12-16/h3-12,14,17,19H,13H2,1-2H3. The third-order valence-corrected chi connectivity index (χ3v) is 3.52. The molecule has 19 heavy (non-hydrogen) atoms. The second kappa shape index (κ2) is 5.83. The van der Waals surface area contributed by atoms with Gasteiger partial charge >= 0.3 is 0 Å². The summed E-state index contributed by atoms with van der Waals surface area (Å²) in [5.41, 5.74) is 2.56. The van der Waals surface area contributed by atoms with Gasteiger partial charge in [-0.15, -0.1) is 0 Å². The molecular formula is C18H21N. The Kier molecular flexibility index (Phi) is 4.16. The summed E-state index contributed by atoms with van der Waals surface area (Å²) in [5.74, 6) is 0.346. The Morgan fingerprint density at radius 2 is 1.32 bits per heavy atom. The molecule has 0 aromatic heterocycles. The zero-order valence-electron chi connectivity index (χ0n) is 11.6. The molecule has 0 spiro atoms. The summed E-state index contributed by atoms with van der Waals surface area (Å²) < 4.78 is 0. The number of rotatable bonds is 5. The van der Waals surface area contributed by atoms with Crippen molar-refractivity contribution in [3.05, 3.63) is 71.8 Å². The van der Waals surface area contributed by atoms with E-state index in [2.05, 4.69) is 62.4 Å². The second-order valence-electron chi connectivity index (χ2n) is 5.71. The molecule has 2 aromatic carbocycles. The minimum Gasteiger partial charge on any atom is -0.313 e. The van der Waals surface area contributed by atoms with Gasteiger partial charge in [0, 0.05) is 17.5 Å². The zero-order valence-corrected chi connectivity index (χ0v) is 11.6. The Bertz CT molecular complexity index is 474. The lowest BCUT2D eigenvalue weighted by atomic mass is 9.77. The Hall–Kier alpha value is -1.89. The fraction of sp³-hybridized carbons (Fsp3) is 0.278. The second-order valence-corrected chi connectivity index (χ2v) is 5.71. The normalized spacial score (nSPS) is 11.5. The Balaban J connectivity index is 2.37. The molecule has 0 fully saturated rings. The van der Waals surface area contributed by atoms with Crippen molar-refractivity contribution in [3.8, 4) is 0 Å². The average Bonchev–Trinajstić information content (AvgIpc) is 2.47. The van der Waals surface area contributed by atoms with Gasteiger partial charge in [-0.2, -0.15) is 0 Å². The van der Waals surface area contributed by atoms with Gasteiger partial charge in [-0.3, -0.25) is 0 Å². The summed E-state index contributed by atoms with van der Waals surface area (Å²) in [5, 5.41) is 7.60. The molecule has 2 aromatic rings. The number of hydrogen-bond acceptors (Lipinski definition) is 1. The molecule has 0 aliphatic rings. The fourth-order valence-electron chi connectivity index (χ4n) is 2.38. The van der Waals surface area contributed by atoms with Crippen molar-refractivity contribution in [2.45, 2.75) is 26.2 Å². The van der Waals surface area contributed by atoms with Crippen molar-refractivity contribution in [2.75, 3.05) is 0 Å². The van der Waals surface area contributed by atoms with Crippen LogP contribution < -0.4 is 0 Å². The van der Waals surface area contributed by atoms with E-state index in [-0.39, 0.29) is 5.41 Å². The van der Waals surface area contributed by atoms with Gasteiger partial charge < -0.3 is 5.41 Å². The topological polar surface area (TPSA) is 23.9 Å². The molecule has 0 aliphatic carbocycles. The highest BCUT2D eigenvalue weighted by Crippen LogP contribution is 2.35. The minimum absolute atomic E-state index is 0.0870. The molecule has 98 valence electrons. The molecule has 0 heterocycles. The Morgan fingerprint density at radius 3 is 1.68 bits per heavy atom. The van der Waals surface area contributed by atoms with Crippen molar-refractivity contribution in [2.24, 2.45) is 5.41 Å². The zero-order chi connectivity index (χ0) is 13.7. The molecule has 0 aliphatic heterocycles. The lowest BCUT2D eigenvalue weighted by Crippen LogP contribution is -2.18. The van der Waals surface area contributed by atoms with E-state index in [1.807, 2.05) is 12.1 Å². The first-order valence-electron chi connectivity index (χ1n) is 6.74. The van der Waals surface area contributed by atoms with Crippen LogP contribution in [0.25, 0.3) is 0 Å². The van der Waals surface area contributed by atoms with E-state index in [4.69, 9.17) is 5.41 Å². The predicted octanol–water partition coefficient (Wildman–Crippen LogP) is 4.88. The maximum atomic E-state index is 7.60. The van der Waals surface area contributed by atoms with Gasteiger partial charge in [0.2, 0.25) is 0 Å². The van der Waals surface area contributed by atoms with E-state index in [9.17, 15) is 0 Å². The van der Waals surface area contributed by atoms with E-state index in [1.165, 1.54) is 11.1 Å². The fourth-order valence-corrected chi connectivity index (χ4v) is 2.38. The molecule has 0 unspecified atom stereocenters. The van der Waals surface area contributed by atoms with Gasteiger partial charge in [-0.1, -0.05) is 74.5 Å². The van der Waals surface area contributed by atoms with E-state index >= 15 is 0 Å². The van der Waals surface area contributed by atoms with Crippen molar-refractivity contribution in [3.63, 3.8) is 0 Å². The molecule has 0 radical (unpaired) electrons. The van der Waals surface area contributed by atoms with Crippen LogP contribution in [-0.4, -0.2) is 6.21 Å². The van der Waals surface area contributed by atoms with Gasteiger partial charge in [-0.05, 0) is 17.5 Å². The SMILES string of the molecule is CC(C)(C=N)CC(c1ccccc1)c1ccccc1. The number of nitrogens with one attached hydrogen (secondary N) is 1. The molecule has 0 bridgehead atoms. The average molecular weight is 251 g/mol. The molecule has 2 rings (SSSR count). The predicted molar refractivity (Wildman–Crippen MR) is 81.9 cm³/mol. The highest BCUT2D eigenvalue weighted by molar-refractivity contribution is 5.61. The first-order chi connectivity index (χ1) is 9.12. The summed E-state index contributed by atoms with van der Waals surface area (Å²) in [4.78, 5) is 0. The third kappa shape index (κ3) is 3.54. The first kappa shape index (κ1) is 13.5. The highest BCUT2D eigenvalue weighted by Gasteiger charge is 2.23. The summed E-state index contributed by atoms with van der Waals surface area (Å²) in [7, 11) is 0. The quantitative estimate of drug-likeness (QED) is 0.732. The van der Waals surface area contributed by atoms with Crippen LogP contribution in [0, 0.1) is 10.8 Å². The largest absolute Gasteiger partial charge is 0.313 e. The van der Waals surface area contributed by atoms with Crippen LogP contribution in [0.15, 0.2) is 60.7 Å². The minimum atomic E-state index is -0.0870. The molecule has 0 amide bonds. The van der Waals surface area contributed by atoms with Crippen molar-refractivity contribution < 1.29 is 0 Å². The molecule has 1 heteroatoms. The summed E-state index contributed by atoms with van der Waals surface area (Å²) in [6, 6.07) is 21.2. The maximum absolute atomic E-state index is 7.60. The lowest BCUT2D eigenvalue weighted by molar-refractivity contribution is 0.454. The van der Waals surface area contributed by atoms with Gasteiger partial charge in [0.1, 0.15) is 0 Å². The Labute approximate surface area is 115 Å². The molecule has 0 saturated heterocycles. The van der Waals surface area contributed by atoms with E-state index < -0.39 is 0 Å². The van der Waals surface area contributed by atoms with Crippen LogP contribution in [0.4, 0.5) is 0 Å². The molecule has 1 N–H and O–H groups in total. The van der Waals surface area contributed by atoms with Crippen LogP contribution >= 0.6 is 0 Å². The van der Waals surface area contributed by atoms with Crippen LogP contribution in [0.2, 0.25) is 0 Å². The number of benzene rings is 2. The van der Waals surface area contributed by atoms with Crippen LogP contribution in [0.1, 0.15) is 37.3 Å². The van der Waals surface area contributed by atoms with Gasteiger partial charge in [0.25, 0.3) is 0 Å². The highest BCUT2D eigenvalue weighted by atomic mass is 14.4. The van der Waals surface area contributed by atoms with E-state index in [0.29, 0.717) is 5.92 Å². The van der Waals surface area contributed by atoms with E-state index in [1.54, 1.807) is 6.21 Å². The number of hydrogen-bond donors (Lipinski definition) is 1. The maximum Gasteiger partial charge on any atom is 0.00979 e. The first-order valence-corrected chi connectivity index (χ1v) is 6.74. The monoisotopic (exact) mass is 251 g/mol. The van der Waals surface area contributed by atoms with Gasteiger partial charge in [-0.25, -0.2) is 0 Å². The molecule has 1 nitrogen and oxygen atoms in total. The lowest BCUT2D eigenvalue weighted by Gasteiger charge is -2.27. The van der Waals surface area contributed by atoms with Crippen LogP contribution in [0.3, 0.4) is 0 Å². The van der Waals surface area contributed by atoms with Gasteiger partial charge in [0.05, 0.1) is 0 Å². The summed E-state index contributed by atoms with van der Waals surface area (Å²) >= 11 is 0. The third-order valence-electron chi connectivity index (χ3n) is 3.52. The Morgan fingerprint density at radius 1 is 0.895 bits per heavy atom. The van der Waals surface area contributed by atoms with E-state index in [0.717, 1.165) is 6.42 Å². The van der Waals surface area contributed by atoms with Crippen molar-refractivity contribution in [1.29, 1.82) is 5.41 Å². The van der Waals surface area contributed by atoms with Crippen molar-refractivity contribution >= 4 is 6.21 Å². The molecule has 0 atom stereocenters. The molecule has 0 saturated carbocycles. The van der Waals surface area contributed by atoms with Crippen LogP contribution in [0.5, 0.6) is 0 Å². The molecular weight excluding hydrogens is 230 g/mol. The van der Waals surface area contributed by atoms with Gasteiger partial charge in [0.15, 0.2) is 0 Å². The smallest absolute Gasteiger partial charge is 0.00979 e. The summed E-state index contributed by atoms with van der Waals surface area (Å²) in [6.07, 6.45) is 2.51. The summed E-state index contributed by atoms with van der Waals surface area (Å²) in [6.45, 7) is 4.25.